The number of nitrogens with zero attached hydrogens (tertiary/aromatic N) is 2. The SMILES string of the molecule is CNC(=O)c1ccc2c(n1)COCC1CNCCN21.Cl. The first-order chi connectivity index (χ1) is 9.29. The highest BCUT2D eigenvalue weighted by Crippen LogP contribution is 2.26. The minimum absolute atomic E-state index is 0. The van der Waals surface area contributed by atoms with Crippen LogP contribution in [0.3, 0.4) is 0 Å². The number of hydrogen-bond acceptors (Lipinski definition) is 5. The Balaban J connectivity index is 0.00000147. The number of halogens is 1. The van der Waals surface area contributed by atoms with Gasteiger partial charge in [-0.05, 0) is 12.1 Å². The molecule has 7 heteroatoms. The molecule has 2 N–H and O–H groups in total. The van der Waals surface area contributed by atoms with E-state index in [-0.39, 0.29) is 18.3 Å². The molecule has 1 atom stereocenters. The van der Waals surface area contributed by atoms with Gasteiger partial charge in [-0.15, -0.1) is 12.4 Å². The third-order valence-corrected chi connectivity index (χ3v) is 3.62. The van der Waals surface area contributed by atoms with E-state index in [0.717, 1.165) is 31.0 Å². The molecular formula is C13H19ClN4O2. The van der Waals surface area contributed by atoms with Crippen LogP contribution in [0, 0.1) is 0 Å². The van der Waals surface area contributed by atoms with Crippen molar-refractivity contribution in [3.63, 3.8) is 0 Å². The number of ether oxygens (including phenoxy) is 1. The summed E-state index contributed by atoms with van der Waals surface area (Å²) in [5.74, 6) is -0.163. The molecule has 0 bridgehead atoms. The normalized spacial score (nSPS) is 21.1. The molecule has 0 aromatic carbocycles. The number of rotatable bonds is 1. The second-order valence-corrected chi connectivity index (χ2v) is 4.81. The zero-order valence-corrected chi connectivity index (χ0v) is 12.2. The second-order valence-electron chi connectivity index (χ2n) is 4.81. The molecule has 1 fully saturated rings. The smallest absolute Gasteiger partial charge is 0.269 e. The number of anilines is 1. The highest BCUT2D eigenvalue weighted by atomic mass is 35.5. The average Bonchev–Trinajstić information content (AvgIpc) is 2.65. The van der Waals surface area contributed by atoms with Crippen LogP contribution in [-0.4, -0.2) is 50.2 Å². The molecule has 20 heavy (non-hydrogen) atoms. The third-order valence-electron chi connectivity index (χ3n) is 3.62. The molecule has 1 amide bonds. The molecule has 1 aromatic rings. The minimum atomic E-state index is -0.163. The molecule has 2 aliphatic heterocycles. The van der Waals surface area contributed by atoms with Crippen molar-refractivity contribution in [1.82, 2.24) is 15.6 Å². The van der Waals surface area contributed by atoms with Crippen LogP contribution < -0.4 is 15.5 Å². The van der Waals surface area contributed by atoms with Gasteiger partial charge in [-0.2, -0.15) is 0 Å². The number of carbonyl (C=O) groups excluding carboxylic acids is 1. The predicted octanol–water partition coefficient (Wildman–Crippen LogP) is 0.171. The molecule has 110 valence electrons. The summed E-state index contributed by atoms with van der Waals surface area (Å²) in [5.41, 5.74) is 2.39. The van der Waals surface area contributed by atoms with Crippen molar-refractivity contribution >= 4 is 24.0 Å². The zero-order valence-electron chi connectivity index (χ0n) is 11.4. The number of carbonyl (C=O) groups is 1. The van der Waals surface area contributed by atoms with E-state index < -0.39 is 0 Å². The molecule has 0 aliphatic carbocycles. The molecule has 0 spiro atoms. The average molecular weight is 299 g/mol. The summed E-state index contributed by atoms with van der Waals surface area (Å²) in [4.78, 5) is 18.4. The van der Waals surface area contributed by atoms with E-state index in [4.69, 9.17) is 4.74 Å². The summed E-state index contributed by atoms with van der Waals surface area (Å²) >= 11 is 0. The van der Waals surface area contributed by atoms with Gasteiger partial charge >= 0.3 is 0 Å². The molecule has 2 aliphatic rings. The highest BCUT2D eigenvalue weighted by molar-refractivity contribution is 5.92. The van der Waals surface area contributed by atoms with Gasteiger partial charge in [0, 0.05) is 26.7 Å². The lowest BCUT2D eigenvalue weighted by atomic mass is 10.1. The van der Waals surface area contributed by atoms with E-state index >= 15 is 0 Å². The molecule has 0 saturated carbocycles. The Morgan fingerprint density at radius 2 is 2.40 bits per heavy atom. The number of pyridine rings is 1. The Morgan fingerprint density at radius 1 is 1.55 bits per heavy atom. The predicted molar refractivity (Wildman–Crippen MR) is 78.5 cm³/mol. The molecule has 0 radical (unpaired) electrons. The number of fused-ring (bicyclic) bond motifs is 3. The molecule has 6 nitrogen and oxygen atoms in total. The summed E-state index contributed by atoms with van der Waals surface area (Å²) in [6, 6.07) is 4.12. The molecule has 3 heterocycles. The number of aromatic nitrogens is 1. The summed E-state index contributed by atoms with van der Waals surface area (Å²) in [5, 5.41) is 5.97. The Kier molecular flexibility index (Phi) is 4.80. The van der Waals surface area contributed by atoms with Crippen LogP contribution in [0.5, 0.6) is 0 Å². The quantitative estimate of drug-likeness (QED) is 0.774. The lowest BCUT2D eigenvalue weighted by Gasteiger charge is -2.36. The van der Waals surface area contributed by atoms with Gasteiger partial charge in [-0.3, -0.25) is 4.79 Å². The number of nitrogens with one attached hydrogen (secondary N) is 2. The van der Waals surface area contributed by atoms with Crippen molar-refractivity contribution < 1.29 is 9.53 Å². The van der Waals surface area contributed by atoms with E-state index in [2.05, 4.69) is 20.5 Å². The summed E-state index contributed by atoms with van der Waals surface area (Å²) in [7, 11) is 1.61. The van der Waals surface area contributed by atoms with Crippen molar-refractivity contribution in [2.24, 2.45) is 0 Å². The Bertz CT molecular complexity index is 497. The molecule has 1 aromatic heterocycles. The highest BCUT2D eigenvalue weighted by Gasteiger charge is 2.28. The maximum atomic E-state index is 11.6. The van der Waals surface area contributed by atoms with Crippen LogP contribution in [0.15, 0.2) is 12.1 Å². The standard InChI is InChI=1S/C13H18N4O2.ClH/c1-14-13(18)10-2-3-12-11(16-10)8-19-7-9-6-15-4-5-17(9)12;/h2-3,9,15H,4-8H2,1H3,(H,14,18);1H. The monoisotopic (exact) mass is 298 g/mol. The van der Waals surface area contributed by atoms with Crippen LogP contribution in [0.1, 0.15) is 16.2 Å². The zero-order chi connectivity index (χ0) is 13.2. The number of hydrogen-bond donors (Lipinski definition) is 2. The van der Waals surface area contributed by atoms with Crippen LogP contribution in [0.4, 0.5) is 5.69 Å². The fourth-order valence-corrected chi connectivity index (χ4v) is 2.63. The van der Waals surface area contributed by atoms with Gasteiger partial charge in [-0.25, -0.2) is 4.98 Å². The summed E-state index contributed by atoms with van der Waals surface area (Å²) in [6.45, 7) is 4.00. The topological polar surface area (TPSA) is 66.5 Å². The van der Waals surface area contributed by atoms with Gasteiger partial charge in [0.15, 0.2) is 0 Å². The van der Waals surface area contributed by atoms with Gasteiger partial charge < -0.3 is 20.3 Å². The van der Waals surface area contributed by atoms with Gasteiger partial charge in [0.25, 0.3) is 5.91 Å². The van der Waals surface area contributed by atoms with Crippen LogP contribution in [0.25, 0.3) is 0 Å². The lowest BCUT2D eigenvalue weighted by Crippen LogP contribution is -2.53. The first-order valence-electron chi connectivity index (χ1n) is 6.56. The van der Waals surface area contributed by atoms with E-state index in [0.29, 0.717) is 24.9 Å². The first-order valence-corrected chi connectivity index (χ1v) is 6.56. The molecule has 1 unspecified atom stereocenters. The van der Waals surface area contributed by atoms with Crippen LogP contribution >= 0.6 is 12.4 Å². The van der Waals surface area contributed by atoms with Crippen molar-refractivity contribution in [2.45, 2.75) is 12.6 Å². The van der Waals surface area contributed by atoms with Gasteiger partial charge in [0.1, 0.15) is 5.69 Å². The van der Waals surface area contributed by atoms with E-state index in [1.165, 1.54) is 0 Å². The fourth-order valence-electron chi connectivity index (χ4n) is 2.63. The third kappa shape index (κ3) is 2.72. The molecule has 1 saturated heterocycles. The van der Waals surface area contributed by atoms with Gasteiger partial charge in [0.05, 0.1) is 30.6 Å². The van der Waals surface area contributed by atoms with E-state index in [9.17, 15) is 4.79 Å². The Morgan fingerprint density at radius 3 is 3.20 bits per heavy atom. The second kappa shape index (κ2) is 6.39. The number of piperazine rings is 1. The van der Waals surface area contributed by atoms with Crippen molar-refractivity contribution in [2.75, 3.05) is 38.2 Å². The van der Waals surface area contributed by atoms with E-state index in [1.54, 1.807) is 13.1 Å². The lowest BCUT2D eigenvalue weighted by molar-refractivity contribution is 0.0954. The maximum absolute atomic E-state index is 11.6. The summed E-state index contributed by atoms with van der Waals surface area (Å²) < 4.78 is 5.68. The van der Waals surface area contributed by atoms with Crippen LogP contribution in [0.2, 0.25) is 0 Å². The Hall–Kier alpha value is -1.37. The van der Waals surface area contributed by atoms with Crippen molar-refractivity contribution in [3.05, 3.63) is 23.5 Å². The minimum Gasteiger partial charge on any atom is -0.373 e. The fraction of sp³-hybridized carbons (Fsp3) is 0.538. The van der Waals surface area contributed by atoms with Crippen molar-refractivity contribution in [1.29, 1.82) is 0 Å². The van der Waals surface area contributed by atoms with Crippen molar-refractivity contribution in [3.8, 4) is 0 Å². The van der Waals surface area contributed by atoms with Crippen LogP contribution in [-0.2, 0) is 11.3 Å². The number of amides is 1. The van der Waals surface area contributed by atoms with Gasteiger partial charge in [0.2, 0.25) is 0 Å². The maximum Gasteiger partial charge on any atom is 0.269 e. The molecular weight excluding hydrogens is 280 g/mol. The van der Waals surface area contributed by atoms with Gasteiger partial charge in [-0.1, -0.05) is 0 Å². The largest absolute Gasteiger partial charge is 0.373 e. The summed E-state index contributed by atoms with van der Waals surface area (Å²) in [6.07, 6.45) is 0. The van der Waals surface area contributed by atoms with E-state index in [1.807, 2.05) is 6.07 Å². The first kappa shape index (κ1) is 15.0. The molecule has 3 rings (SSSR count). The Labute approximate surface area is 124 Å².